The lowest BCUT2D eigenvalue weighted by atomic mass is 9.93. The molecule has 1 aliphatic rings. The van der Waals surface area contributed by atoms with Crippen LogP contribution in [0.1, 0.15) is 40.0 Å². The van der Waals surface area contributed by atoms with Gasteiger partial charge >= 0.3 is 6.09 Å². The Morgan fingerprint density at radius 1 is 1.29 bits per heavy atom. The summed E-state index contributed by atoms with van der Waals surface area (Å²) in [6.07, 6.45) is 1.79. The zero-order valence-corrected chi connectivity index (χ0v) is 10.9. The summed E-state index contributed by atoms with van der Waals surface area (Å²) in [7, 11) is 0. The van der Waals surface area contributed by atoms with Crippen molar-refractivity contribution in [2.24, 2.45) is 11.7 Å². The Morgan fingerprint density at radius 2 is 1.82 bits per heavy atom. The summed E-state index contributed by atoms with van der Waals surface area (Å²) in [5.41, 5.74) is 4.70. The van der Waals surface area contributed by atoms with Crippen molar-refractivity contribution in [2.75, 3.05) is 13.1 Å². The molecule has 0 radical (unpaired) electrons. The topological polar surface area (TPSA) is 72.6 Å². The van der Waals surface area contributed by atoms with Gasteiger partial charge in [-0.25, -0.2) is 4.79 Å². The number of nitrogens with zero attached hydrogens (tertiary/aromatic N) is 1. The maximum Gasteiger partial charge on any atom is 0.410 e. The fraction of sp³-hybridized carbons (Fsp3) is 0.833. The molecule has 0 bridgehead atoms. The van der Waals surface area contributed by atoms with Crippen molar-refractivity contribution in [3.63, 3.8) is 0 Å². The number of piperidine rings is 1. The van der Waals surface area contributed by atoms with Gasteiger partial charge in [0.05, 0.1) is 0 Å². The average Bonchev–Trinajstić information content (AvgIpc) is 2.15. The summed E-state index contributed by atoms with van der Waals surface area (Å²) < 4.78 is 5.29. The number of carbonyl (C=O) groups excluding carboxylic acids is 2. The van der Waals surface area contributed by atoms with Crippen molar-refractivity contribution < 1.29 is 14.3 Å². The predicted molar refractivity (Wildman–Crippen MR) is 64.3 cm³/mol. The minimum Gasteiger partial charge on any atom is -0.444 e. The molecule has 1 saturated heterocycles. The number of amides is 2. The van der Waals surface area contributed by atoms with E-state index in [2.05, 4.69) is 0 Å². The van der Waals surface area contributed by atoms with Crippen molar-refractivity contribution >= 4 is 12.0 Å². The summed E-state index contributed by atoms with van der Waals surface area (Å²) in [4.78, 5) is 24.2. The van der Waals surface area contributed by atoms with Crippen LogP contribution in [0.5, 0.6) is 0 Å². The third-order valence-corrected chi connectivity index (χ3v) is 2.76. The Balaban J connectivity index is 2.36. The van der Waals surface area contributed by atoms with Crippen molar-refractivity contribution in [1.82, 2.24) is 4.90 Å². The zero-order valence-electron chi connectivity index (χ0n) is 10.9. The molecule has 98 valence electrons. The normalized spacial score (nSPS) is 17.9. The van der Waals surface area contributed by atoms with E-state index < -0.39 is 5.60 Å². The molecule has 0 aromatic rings. The minimum absolute atomic E-state index is 0.263. The molecule has 1 heterocycles. The second-order valence-corrected chi connectivity index (χ2v) is 5.58. The third kappa shape index (κ3) is 5.06. The standard InChI is InChI=1S/C12H22N2O3/c1-12(2,3)17-11(16)14-6-4-9(5-7-14)8-10(13)15/h9H,4-8H2,1-3H3,(H2,13,15). The van der Waals surface area contributed by atoms with E-state index >= 15 is 0 Å². The van der Waals surface area contributed by atoms with Crippen LogP contribution in [0.2, 0.25) is 0 Å². The van der Waals surface area contributed by atoms with Gasteiger partial charge in [0.2, 0.25) is 5.91 Å². The molecular formula is C12H22N2O3. The monoisotopic (exact) mass is 242 g/mol. The van der Waals surface area contributed by atoms with E-state index in [1.54, 1.807) is 4.90 Å². The fourth-order valence-electron chi connectivity index (χ4n) is 1.93. The Labute approximate surface area is 102 Å². The molecule has 0 spiro atoms. The second-order valence-electron chi connectivity index (χ2n) is 5.58. The lowest BCUT2D eigenvalue weighted by molar-refractivity contribution is -0.119. The number of nitrogens with two attached hydrogens (primary N) is 1. The Kier molecular flexibility index (Phi) is 4.37. The van der Waals surface area contributed by atoms with Gasteiger partial charge in [0.25, 0.3) is 0 Å². The van der Waals surface area contributed by atoms with Crippen LogP contribution < -0.4 is 5.73 Å². The fourth-order valence-corrected chi connectivity index (χ4v) is 1.93. The van der Waals surface area contributed by atoms with Crippen LogP contribution in [0.4, 0.5) is 4.79 Å². The van der Waals surface area contributed by atoms with Crippen LogP contribution in [0.3, 0.4) is 0 Å². The van der Waals surface area contributed by atoms with Gasteiger partial charge in [-0.2, -0.15) is 0 Å². The minimum atomic E-state index is -0.457. The van der Waals surface area contributed by atoms with Crippen LogP contribution in [-0.4, -0.2) is 35.6 Å². The van der Waals surface area contributed by atoms with E-state index in [1.807, 2.05) is 20.8 Å². The van der Waals surface area contributed by atoms with Gasteiger partial charge < -0.3 is 15.4 Å². The van der Waals surface area contributed by atoms with Gasteiger partial charge in [-0.1, -0.05) is 0 Å². The van der Waals surface area contributed by atoms with Crippen LogP contribution in [0.15, 0.2) is 0 Å². The number of ether oxygens (including phenoxy) is 1. The summed E-state index contributed by atoms with van der Waals surface area (Å²) >= 11 is 0. The Hall–Kier alpha value is -1.26. The number of likely N-dealkylation sites (tertiary alicyclic amines) is 1. The molecule has 0 aromatic heterocycles. The summed E-state index contributed by atoms with van der Waals surface area (Å²) in [6.45, 7) is 6.85. The molecule has 0 atom stereocenters. The lowest BCUT2D eigenvalue weighted by Gasteiger charge is -2.33. The maximum absolute atomic E-state index is 11.8. The smallest absolute Gasteiger partial charge is 0.410 e. The van der Waals surface area contributed by atoms with Gasteiger partial charge in [-0.05, 0) is 39.5 Å². The largest absolute Gasteiger partial charge is 0.444 e. The van der Waals surface area contributed by atoms with Crippen LogP contribution >= 0.6 is 0 Å². The van der Waals surface area contributed by atoms with Crippen molar-refractivity contribution in [3.05, 3.63) is 0 Å². The van der Waals surface area contributed by atoms with E-state index in [1.165, 1.54) is 0 Å². The molecule has 0 saturated carbocycles. The molecule has 5 nitrogen and oxygen atoms in total. The van der Waals surface area contributed by atoms with Crippen LogP contribution in [0.25, 0.3) is 0 Å². The lowest BCUT2D eigenvalue weighted by Crippen LogP contribution is -2.42. The van der Waals surface area contributed by atoms with Crippen LogP contribution in [-0.2, 0) is 9.53 Å². The molecule has 0 aromatic carbocycles. The first-order valence-corrected chi connectivity index (χ1v) is 6.04. The molecule has 5 heteroatoms. The van der Waals surface area contributed by atoms with Crippen molar-refractivity contribution in [3.8, 4) is 0 Å². The summed E-state index contributed by atoms with van der Waals surface area (Å²) in [5.74, 6) is 0.0481. The molecule has 0 unspecified atom stereocenters. The van der Waals surface area contributed by atoms with Gasteiger partial charge in [-0.15, -0.1) is 0 Å². The van der Waals surface area contributed by atoms with Crippen molar-refractivity contribution in [2.45, 2.75) is 45.6 Å². The average molecular weight is 242 g/mol. The molecule has 2 N–H and O–H groups in total. The highest BCUT2D eigenvalue weighted by molar-refractivity contribution is 5.74. The number of primary amides is 1. The number of carbonyl (C=O) groups is 2. The highest BCUT2D eigenvalue weighted by atomic mass is 16.6. The van der Waals surface area contributed by atoms with Crippen molar-refractivity contribution in [1.29, 1.82) is 0 Å². The second kappa shape index (κ2) is 5.38. The Bertz CT molecular complexity index is 289. The molecule has 2 amide bonds. The molecule has 1 aliphatic heterocycles. The molecule has 17 heavy (non-hydrogen) atoms. The third-order valence-electron chi connectivity index (χ3n) is 2.76. The predicted octanol–water partition coefficient (Wildman–Crippen LogP) is 1.51. The maximum atomic E-state index is 11.8. The zero-order chi connectivity index (χ0) is 13.1. The first kappa shape index (κ1) is 13.8. The molecular weight excluding hydrogens is 220 g/mol. The number of hydrogen-bond acceptors (Lipinski definition) is 3. The number of hydrogen-bond donors (Lipinski definition) is 1. The highest BCUT2D eigenvalue weighted by Crippen LogP contribution is 2.21. The SMILES string of the molecule is CC(C)(C)OC(=O)N1CCC(CC(N)=O)CC1. The van der Waals surface area contributed by atoms with E-state index in [4.69, 9.17) is 10.5 Å². The van der Waals surface area contributed by atoms with E-state index in [0.717, 1.165) is 12.8 Å². The Morgan fingerprint density at radius 3 is 2.24 bits per heavy atom. The summed E-state index contributed by atoms with van der Waals surface area (Å²) in [6, 6.07) is 0. The van der Waals surface area contributed by atoms with Gasteiger partial charge in [0, 0.05) is 19.5 Å². The molecule has 1 rings (SSSR count). The highest BCUT2D eigenvalue weighted by Gasteiger charge is 2.27. The molecule has 0 aliphatic carbocycles. The van der Waals surface area contributed by atoms with E-state index in [0.29, 0.717) is 25.4 Å². The van der Waals surface area contributed by atoms with Crippen LogP contribution in [0, 0.1) is 5.92 Å². The first-order chi connectivity index (χ1) is 7.78. The quantitative estimate of drug-likeness (QED) is 0.797. The summed E-state index contributed by atoms with van der Waals surface area (Å²) in [5, 5.41) is 0. The van der Waals surface area contributed by atoms with Gasteiger partial charge in [-0.3, -0.25) is 4.79 Å². The van der Waals surface area contributed by atoms with Gasteiger partial charge in [0.1, 0.15) is 5.60 Å². The molecule has 1 fully saturated rings. The van der Waals surface area contributed by atoms with Gasteiger partial charge in [0.15, 0.2) is 0 Å². The first-order valence-electron chi connectivity index (χ1n) is 6.04. The number of rotatable bonds is 2. The van der Waals surface area contributed by atoms with E-state index in [9.17, 15) is 9.59 Å². The van der Waals surface area contributed by atoms with E-state index in [-0.39, 0.29) is 12.0 Å².